The van der Waals surface area contributed by atoms with Crippen LogP contribution in [0.1, 0.15) is 33.3 Å². The van der Waals surface area contributed by atoms with Gasteiger partial charge in [0.2, 0.25) is 21.8 Å². The topological polar surface area (TPSA) is 86.8 Å². The number of rotatable bonds is 8. The van der Waals surface area contributed by atoms with Crippen LogP contribution in [-0.2, 0) is 26.2 Å². The summed E-state index contributed by atoms with van der Waals surface area (Å²) in [5, 5.41) is 3.14. The molecule has 0 radical (unpaired) electrons. The zero-order chi connectivity index (χ0) is 25.8. The van der Waals surface area contributed by atoms with E-state index in [0.29, 0.717) is 5.56 Å². The van der Waals surface area contributed by atoms with Gasteiger partial charge in [-0.1, -0.05) is 35.3 Å². The number of nitrogens with zero attached hydrogens (tertiary/aromatic N) is 2. The highest BCUT2D eigenvalue weighted by Crippen LogP contribution is 2.31. The second kappa shape index (κ2) is 10.9. The van der Waals surface area contributed by atoms with Gasteiger partial charge in [-0.25, -0.2) is 12.8 Å². The quantitative estimate of drug-likeness (QED) is 0.552. The Balaban J connectivity index is 2.44. The molecule has 0 aliphatic carbocycles. The third kappa shape index (κ3) is 7.85. The third-order valence-electron chi connectivity index (χ3n) is 4.79. The molecule has 0 aliphatic heterocycles. The van der Waals surface area contributed by atoms with Crippen LogP contribution in [0.2, 0.25) is 10.0 Å². The average Bonchev–Trinajstić information content (AvgIpc) is 2.70. The van der Waals surface area contributed by atoms with E-state index in [2.05, 4.69) is 5.32 Å². The highest BCUT2D eigenvalue weighted by molar-refractivity contribution is 7.92. The molecule has 2 aromatic carbocycles. The summed E-state index contributed by atoms with van der Waals surface area (Å²) < 4.78 is 39.4. The zero-order valence-electron chi connectivity index (χ0n) is 19.6. The maximum atomic E-state index is 13.4. The molecule has 0 bridgehead atoms. The lowest BCUT2D eigenvalue weighted by molar-refractivity contribution is -0.140. The van der Waals surface area contributed by atoms with Gasteiger partial charge in [0.05, 0.1) is 17.0 Å². The number of halogens is 3. The molecular weight excluding hydrogens is 504 g/mol. The Morgan fingerprint density at radius 2 is 1.68 bits per heavy atom. The summed E-state index contributed by atoms with van der Waals surface area (Å²) in [6.45, 7) is 6.29. The summed E-state index contributed by atoms with van der Waals surface area (Å²) >= 11 is 12.2. The molecule has 34 heavy (non-hydrogen) atoms. The minimum atomic E-state index is -3.95. The molecule has 0 saturated heterocycles. The van der Waals surface area contributed by atoms with Crippen LogP contribution in [0.25, 0.3) is 0 Å². The Morgan fingerprint density at radius 3 is 2.21 bits per heavy atom. The smallest absolute Gasteiger partial charge is 0.244 e. The molecule has 0 saturated carbocycles. The first-order valence-electron chi connectivity index (χ1n) is 10.4. The minimum Gasteiger partial charge on any atom is -0.350 e. The van der Waals surface area contributed by atoms with Crippen LogP contribution < -0.4 is 9.62 Å². The van der Waals surface area contributed by atoms with Gasteiger partial charge in [-0.2, -0.15) is 0 Å². The molecule has 7 nitrogen and oxygen atoms in total. The first kappa shape index (κ1) is 27.9. The molecule has 2 amide bonds. The maximum Gasteiger partial charge on any atom is 0.244 e. The van der Waals surface area contributed by atoms with Gasteiger partial charge in [0.1, 0.15) is 18.4 Å². The van der Waals surface area contributed by atoms with Crippen molar-refractivity contribution in [3.8, 4) is 0 Å². The lowest BCUT2D eigenvalue weighted by Gasteiger charge is -2.33. The number of carbonyl (C=O) groups excluding carboxylic acids is 2. The molecule has 0 spiro atoms. The Hall–Kier alpha value is -2.36. The lowest BCUT2D eigenvalue weighted by Crippen LogP contribution is -2.54. The van der Waals surface area contributed by atoms with Crippen LogP contribution >= 0.6 is 23.2 Å². The van der Waals surface area contributed by atoms with Gasteiger partial charge in [0.25, 0.3) is 0 Å². The number of benzene rings is 2. The number of carbonyl (C=O) groups is 2. The molecule has 2 rings (SSSR count). The Kier molecular flexibility index (Phi) is 8.96. The monoisotopic (exact) mass is 531 g/mol. The maximum absolute atomic E-state index is 13.4. The zero-order valence-corrected chi connectivity index (χ0v) is 21.9. The van der Waals surface area contributed by atoms with E-state index in [-0.39, 0.29) is 22.3 Å². The Morgan fingerprint density at radius 1 is 1.09 bits per heavy atom. The molecule has 1 atom stereocenters. The van der Waals surface area contributed by atoms with Crippen molar-refractivity contribution < 1.29 is 22.4 Å². The van der Waals surface area contributed by atoms with Gasteiger partial charge >= 0.3 is 0 Å². The normalized spacial score (nSPS) is 12.7. The summed E-state index contributed by atoms with van der Waals surface area (Å²) in [6, 6.07) is 8.79. The van der Waals surface area contributed by atoms with Gasteiger partial charge in [-0.15, -0.1) is 0 Å². The highest BCUT2D eigenvalue weighted by atomic mass is 35.5. The van der Waals surface area contributed by atoms with E-state index in [0.717, 1.165) is 10.6 Å². The summed E-state index contributed by atoms with van der Waals surface area (Å²) in [5.74, 6) is -1.52. The fourth-order valence-electron chi connectivity index (χ4n) is 3.11. The summed E-state index contributed by atoms with van der Waals surface area (Å²) in [5.41, 5.74) is 0.0543. The van der Waals surface area contributed by atoms with Crippen LogP contribution in [0.5, 0.6) is 0 Å². The number of amides is 2. The van der Waals surface area contributed by atoms with Crippen LogP contribution in [0.15, 0.2) is 42.5 Å². The first-order chi connectivity index (χ1) is 15.6. The summed E-state index contributed by atoms with van der Waals surface area (Å²) in [4.78, 5) is 27.5. The molecular formula is C23H28Cl2FN3O4S. The highest BCUT2D eigenvalue weighted by Gasteiger charge is 2.32. The van der Waals surface area contributed by atoms with E-state index >= 15 is 0 Å². The lowest BCUT2D eigenvalue weighted by atomic mass is 10.1. The number of nitrogens with one attached hydrogen (secondary N) is 1. The van der Waals surface area contributed by atoms with Gasteiger partial charge in [-0.05, 0) is 63.6 Å². The third-order valence-corrected chi connectivity index (χ3v) is 6.47. The predicted octanol–water partition coefficient (Wildman–Crippen LogP) is 4.23. The standard InChI is InChI=1S/C23H28Cl2FN3O4S/c1-15(22(31)27-23(2,3)4)28(13-16-6-9-18(26)10-7-16)21(30)14-29(34(5,32)33)20-12-17(24)8-11-19(20)25/h6-12,15H,13-14H2,1-5H3,(H,27,31). The van der Waals surface area contributed by atoms with E-state index in [4.69, 9.17) is 23.2 Å². The van der Waals surface area contributed by atoms with Gasteiger partial charge in [-0.3, -0.25) is 13.9 Å². The van der Waals surface area contributed by atoms with Crippen LogP contribution in [0, 0.1) is 5.82 Å². The minimum absolute atomic E-state index is 0.0403. The van der Waals surface area contributed by atoms with Gasteiger partial charge < -0.3 is 10.2 Å². The van der Waals surface area contributed by atoms with Crippen molar-refractivity contribution in [2.24, 2.45) is 0 Å². The first-order valence-corrected chi connectivity index (χ1v) is 13.0. The molecule has 1 N–H and O–H groups in total. The van der Waals surface area contributed by atoms with Crippen molar-refractivity contribution in [3.63, 3.8) is 0 Å². The van der Waals surface area contributed by atoms with Crippen LogP contribution in [0.3, 0.4) is 0 Å². The fourth-order valence-corrected chi connectivity index (χ4v) is 4.40. The van der Waals surface area contributed by atoms with E-state index in [1.54, 1.807) is 27.7 Å². The van der Waals surface area contributed by atoms with Crippen LogP contribution in [-0.4, -0.2) is 49.5 Å². The summed E-state index contributed by atoms with van der Waals surface area (Å²) in [7, 11) is -3.95. The largest absolute Gasteiger partial charge is 0.350 e. The van der Waals surface area contributed by atoms with Crippen molar-refractivity contribution >= 4 is 50.7 Å². The average molecular weight is 532 g/mol. The summed E-state index contributed by atoms with van der Waals surface area (Å²) in [6.07, 6.45) is 0.942. The van der Waals surface area contributed by atoms with Gasteiger partial charge in [0.15, 0.2) is 0 Å². The Bertz CT molecular complexity index is 1150. The molecule has 1 unspecified atom stereocenters. The molecule has 2 aromatic rings. The molecule has 0 heterocycles. The van der Waals surface area contributed by atoms with Crippen molar-refractivity contribution in [1.82, 2.24) is 10.2 Å². The van der Waals surface area contributed by atoms with E-state index < -0.39 is 45.8 Å². The number of anilines is 1. The molecule has 186 valence electrons. The second-order valence-corrected chi connectivity index (χ2v) is 11.7. The van der Waals surface area contributed by atoms with Crippen molar-refractivity contribution in [2.45, 2.75) is 45.8 Å². The second-order valence-electron chi connectivity index (χ2n) is 8.93. The van der Waals surface area contributed by atoms with Crippen molar-refractivity contribution in [2.75, 3.05) is 17.1 Å². The predicted molar refractivity (Wildman–Crippen MR) is 133 cm³/mol. The van der Waals surface area contributed by atoms with Crippen molar-refractivity contribution in [3.05, 3.63) is 63.9 Å². The number of hydrogen-bond donors (Lipinski definition) is 1. The van der Waals surface area contributed by atoms with Crippen molar-refractivity contribution in [1.29, 1.82) is 0 Å². The van der Waals surface area contributed by atoms with Crippen LogP contribution in [0.4, 0.5) is 10.1 Å². The van der Waals surface area contributed by atoms with Gasteiger partial charge in [0, 0.05) is 17.1 Å². The fraction of sp³-hybridized carbons (Fsp3) is 0.391. The SMILES string of the molecule is CC(C(=O)NC(C)(C)C)N(Cc1ccc(F)cc1)C(=O)CN(c1cc(Cl)ccc1Cl)S(C)(=O)=O. The van der Waals surface area contributed by atoms with E-state index in [1.165, 1.54) is 47.4 Å². The van der Waals surface area contributed by atoms with E-state index in [9.17, 15) is 22.4 Å². The Labute approximate surface area is 209 Å². The molecule has 0 aliphatic rings. The molecule has 0 aromatic heterocycles. The molecule has 0 fully saturated rings. The number of sulfonamides is 1. The molecule has 11 heteroatoms. The number of hydrogen-bond acceptors (Lipinski definition) is 4. The van der Waals surface area contributed by atoms with E-state index in [1.807, 2.05) is 0 Å².